The molecule has 0 atom stereocenters. The number of rotatable bonds is 6. The van der Waals surface area contributed by atoms with Gasteiger partial charge >= 0.3 is 12.4 Å². The number of aliphatic hydroxyl groups is 3. The summed E-state index contributed by atoms with van der Waals surface area (Å²) in [4.78, 5) is 0. The van der Waals surface area contributed by atoms with Crippen LogP contribution < -0.4 is 4.74 Å². The fourth-order valence-electron chi connectivity index (χ4n) is 3.86. The van der Waals surface area contributed by atoms with Crippen molar-refractivity contribution in [2.75, 3.05) is 7.11 Å². The van der Waals surface area contributed by atoms with Crippen LogP contribution >= 0.6 is 11.3 Å². The monoisotopic (exact) mass is 506 g/mol. The second-order valence-electron chi connectivity index (χ2n) is 7.52. The molecule has 0 unspecified atom stereocenters. The Balaban J connectivity index is 2.39. The first-order valence-electron chi connectivity index (χ1n) is 9.77. The van der Waals surface area contributed by atoms with Gasteiger partial charge in [-0.25, -0.2) is 0 Å². The summed E-state index contributed by atoms with van der Waals surface area (Å²) in [7, 11) is 1.30. The van der Waals surface area contributed by atoms with E-state index in [0.717, 1.165) is 30.4 Å². The summed E-state index contributed by atoms with van der Waals surface area (Å²) in [6.45, 7) is 0.226. The third-order valence-electron chi connectivity index (χ3n) is 5.52. The van der Waals surface area contributed by atoms with Crippen molar-refractivity contribution >= 4 is 11.3 Å². The molecule has 0 spiro atoms. The van der Waals surface area contributed by atoms with Gasteiger partial charge in [0.1, 0.15) is 0 Å². The Hall–Kier alpha value is -2.60. The molecule has 0 aliphatic carbocycles. The highest BCUT2D eigenvalue weighted by Gasteiger charge is 2.72. The van der Waals surface area contributed by atoms with Crippen LogP contribution in [-0.4, -0.2) is 34.8 Å². The maximum absolute atomic E-state index is 13.8. The van der Waals surface area contributed by atoms with Crippen LogP contribution in [0.3, 0.4) is 0 Å². The number of ether oxygens (including phenoxy) is 1. The van der Waals surface area contributed by atoms with Crippen LogP contribution in [0, 0.1) is 6.92 Å². The topological polar surface area (TPSA) is 69.9 Å². The predicted molar refractivity (Wildman–Crippen MR) is 114 cm³/mol. The number of halogens is 6. The van der Waals surface area contributed by atoms with E-state index in [2.05, 4.69) is 0 Å². The van der Waals surface area contributed by atoms with Crippen LogP contribution in [0.1, 0.15) is 22.3 Å². The molecular formula is C23H20F6O4S. The lowest BCUT2D eigenvalue weighted by Gasteiger charge is -2.35. The van der Waals surface area contributed by atoms with Gasteiger partial charge in [0.2, 0.25) is 0 Å². The molecule has 11 heteroatoms. The molecule has 1 heterocycles. The molecule has 2 aromatic carbocycles. The van der Waals surface area contributed by atoms with Crippen LogP contribution in [0.5, 0.6) is 5.06 Å². The zero-order valence-electron chi connectivity index (χ0n) is 17.9. The molecule has 0 fully saturated rings. The Morgan fingerprint density at radius 1 is 0.882 bits per heavy atom. The Morgan fingerprint density at radius 2 is 1.50 bits per heavy atom. The minimum Gasteiger partial charge on any atom is -0.487 e. The minimum absolute atomic E-state index is 0.0203. The Bertz CT molecular complexity index is 1170. The fourth-order valence-corrected chi connectivity index (χ4v) is 4.77. The number of alkyl halides is 6. The van der Waals surface area contributed by atoms with Gasteiger partial charge in [0.25, 0.3) is 5.60 Å². The van der Waals surface area contributed by atoms with E-state index in [1.54, 1.807) is 0 Å². The van der Waals surface area contributed by atoms with Crippen LogP contribution in [0.25, 0.3) is 22.3 Å². The zero-order chi connectivity index (χ0) is 25.5. The molecular weight excluding hydrogens is 486 g/mol. The molecule has 4 nitrogen and oxygen atoms in total. The molecule has 184 valence electrons. The van der Waals surface area contributed by atoms with Gasteiger partial charge in [-0.3, -0.25) is 0 Å². The van der Waals surface area contributed by atoms with E-state index in [4.69, 9.17) is 4.74 Å². The molecule has 3 rings (SSSR count). The van der Waals surface area contributed by atoms with E-state index in [0.29, 0.717) is 16.7 Å². The summed E-state index contributed by atoms with van der Waals surface area (Å²) in [5, 5.41) is 30.8. The summed E-state index contributed by atoms with van der Waals surface area (Å²) >= 11 is 0.951. The smallest absolute Gasteiger partial charge is 0.430 e. The van der Waals surface area contributed by atoms with Gasteiger partial charge in [-0.1, -0.05) is 30.3 Å². The molecule has 3 N–H and O–H groups in total. The summed E-state index contributed by atoms with van der Waals surface area (Å²) in [6, 6.07) is 7.89. The SMILES string of the molecule is COc1scc(-c2cccc(C)c2C(O)(C(F)(F)F)C(F)(F)F)c1-c1ccc(CO)c(CO)c1. The average molecular weight is 506 g/mol. The Morgan fingerprint density at radius 3 is 2.03 bits per heavy atom. The summed E-state index contributed by atoms with van der Waals surface area (Å²) in [5.41, 5.74) is -6.09. The van der Waals surface area contributed by atoms with Gasteiger partial charge in [0, 0.05) is 22.1 Å². The van der Waals surface area contributed by atoms with E-state index in [-0.39, 0.29) is 22.8 Å². The van der Waals surface area contributed by atoms with E-state index in [1.807, 2.05) is 0 Å². The first kappa shape index (κ1) is 26.0. The molecule has 3 aromatic rings. The quantitative estimate of drug-likeness (QED) is 0.376. The van der Waals surface area contributed by atoms with Crippen LogP contribution in [0.15, 0.2) is 41.8 Å². The highest BCUT2D eigenvalue weighted by Crippen LogP contribution is 2.55. The molecule has 0 aliphatic heterocycles. The third kappa shape index (κ3) is 4.17. The molecule has 0 radical (unpaired) electrons. The van der Waals surface area contributed by atoms with E-state index < -0.39 is 41.3 Å². The molecule has 1 aromatic heterocycles. The van der Waals surface area contributed by atoms with Gasteiger partial charge < -0.3 is 20.1 Å². The number of benzene rings is 2. The van der Waals surface area contributed by atoms with Gasteiger partial charge in [0.15, 0.2) is 5.06 Å². The number of hydrogen-bond donors (Lipinski definition) is 3. The van der Waals surface area contributed by atoms with E-state index >= 15 is 0 Å². The lowest BCUT2D eigenvalue weighted by molar-refractivity contribution is -0.376. The molecule has 0 saturated carbocycles. The molecule has 0 bridgehead atoms. The first-order valence-corrected chi connectivity index (χ1v) is 10.6. The molecule has 0 aliphatic rings. The van der Waals surface area contributed by atoms with Crippen LogP contribution in [0.2, 0.25) is 0 Å². The van der Waals surface area contributed by atoms with Crippen LogP contribution in [0.4, 0.5) is 26.3 Å². The van der Waals surface area contributed by atoms with Crippen molar-refractivity contribution in [1.82, 2.24) is 0 Å². The Kier molecular flexibility index (Phi) is 7.05. The number of methoxy groups -OCH3 is 1. The predicted octanol–water partition coefficient (Wildman–Crippen LogP) is 5.70. The lowest BCUT2D eigenvalue weighted by atomic mass is 9.82. The Labute approximate surface area is 194 Å². The highest BCUT2D eigenvalue weighted by atomic mass is 32.1. The normalized spacial score (nSPS) is 12.8. The highest BCUT2D eigenvalue weighted by molar-refractivity contribution is 7.13. The minimum atomic E-state index is -6.06. The molecule has 0 amide bonds. The van der Waals surface area contributed by atoms with Gasteiger partial charge in [-0.2, -0.15) is 26.3 Å². The number of aliphatic hydroxyl groups excluding tert-OH is 2. The summed E-state index contributed by atoms with van der Waals surface area (Å²) < 4.78 is 88.1. The second-order valence-corrected chi connectivity index (χ2v) is 8.36. The third-order valence-corrected chi connectivity index (χ3v) is 6.46. The van der Waals surface area contributed by atoms with E-state index in [1.165, 1.54) is 36.8 Å². The molecule has 34 heavy (non-hydrogen) atoms. The fraction of sp³-hybridized carbons (Fsp3) is 0.304. The second kappa shape index (κ2) is 9.21. The lowest BCUT2D eigenvalue weighted by Crippen LogP contribution is -2.54. The van der Waals surface area contributed by atoms with E-state index in [9.17, 15) is 41.7 Å². The summed E-state index contributed by atoms with van der Waals surface area (Å²) in [6.07, 6.45) is -12.1. The maximum atomic E-state index is 13.8. The first-order chi connectivity index (χ1) is 15.8. The van der Waals surface area contributed by atoms with Gasteiger partial charge in [0.05, 0.1) is 20.3 Å². The number of hydrogen-bond acceptors (Lipinski definition) is 5. The van der Waals surface area contributed by atoms with Crippen molar-refractivity contribution in [3.63, 3.8) is 0 Å². The van der Waals surface area contributed by atoms with Crippen LogP contribution in [-0.2, 0) is 18.8 Å². The standard InChI is InChI=1S/C23H20F6O4S/c1-12-4-3-5-16(19(12)21(32,22(24,25)26)23(27,28)29)17-11-34-20(33-2)18(17)13-6-7-14(9-30)15(8-13)10-31/h3-8,11,30-32H,9-10H2,1-2H3. The largest absolute Gasteiger partial charge is 0.487 e. The number of aryl methyl sites for hydroxylation is 1. The van der Waals surface area contributed by atoms with Crippen molar-refractivity contribution in [3.05, 3.63) is 64.0 Å². The molecule has 0 saturated heterocycles. The van der Waals surface area contributed by atoms with Crippen molar-refractivity contribution in [2.24, 2.45) is 0 Å². The van der Waals surface area contributed by atoms with Crippen molar-refractivity contribution in [1.29, 1.82) is 0 Å². The van der Waals surface area contributed by atoms with Crippen molar-refractivity contribution < 1.29 is 46.4 Å². The van der Waals surface area contributed by atoms with Crippen molar-refractivity contribution in [3.8, 4) is 27.3 Å². The maximum Gasteiger partial charge on any atom is 0.430 e. The average Bonchev–Trinajstić information content (AvgIpc) is 3.20. The zero-order valence-corrected chi connectivity index (χ0v) is 18.7. The van der Waals surface area contributed by atoms with Gasteiger partial charge in [-0.05, 0) is 40.8 Å². The summed E-state index contributed by atoms with van der Waals surface area (Å²) in [5.74, 6) is 0. The van der Waals surface area contributed by atoms with Crippen molar-refractivity contribution in [2.45, 2.75) is 38.1 Å². The van der Waals surface area contributed by atoms with Gasteiger partial charge in [-0.15, -0.1) is 11.3 Å². The number of thiophene rings is 1.